The number of anilines is 2. The van der Waals surface area contributed by atoms with Crippen molar-refractivity contribution in [1.29, 1.82) is 0 Å². The predicted molar refractivity (Wildman–Crippen MR) is 122 cm³/mol. The molecule has 0 atom stereocenters. The van der Waals surface area contributed by atoms with E-state index in [1.807, 2.05) is 56.3 Å². The molecular weight excluding hydrogens is 392 g/mol. The molecule has 1 N–H and O–H groups in total. The molecule has 0 aliphatic carbocycles. The first kappa shape index (κ1) is 21.9. The van der Waals surface area contributed by atoms with Gasteiger partial charge in [0.25, 0.3) is 11.8 Å². The van der Waals surface area contributed by atoms with E-state index >= 15 is 0 Å². The molecule has 0 radical (unpaired) electrons. The maximum absolute atomic E-state index is 13.2. The van der Waals surface area contributed by atoms with Gasteiger partial charge in [-0.1, -0.05) is 36.4 Å². The van der Waals surface area contributed by atoms with Crippen molar-refractivity contribution in [2.24, 2.45) is 0 Å². The fourth-order valence-corrected chi connectivity index (χ4v) is 3.20. The van der Waals surface area contributed by atoms with Gasteiger partial charge in [-0.15, -0.1) is 0 Å². The van der Waals surface area contributed by atoms with E-state index in [1.165, 1.54) is 0 Å². The summed E-state index contributed by atoms with van der Waals surface area (Å²) in [5.74, 6) is 0.482. The molecule has 0 aliphatic rings. The van der Waals surface area contributed by atoms with Gasteiger partial charge in [0.2, 0.25) is 0 Å². The van der Waals surface area contributed by atoms with Gasteiger partial charge in [0.05, 0.1) is 18.4 Å². The SMILES string of the molecule is CCN(C(=O)c1ccccc1NC(=O)COc1ccc(C)cc1OC)c1ccccc1. The van der Waals surface area contributed by atoms with Crippen LogP contribution in [0.2, 0.25) is 0 Å². The molecule has 0 spiro atoms. The molecule has 0 heterocycles. The zero-order valence-corrected chi connectivity index (χ0v) is 17.9. The smallest absolute Gasteiger partial charge is 0.262 e. The van der Waals surface area contributed by atoms with Gasteiger partial charge in [0.15, 0.2) is 18.1 Å². The number of para-hydroxylation sites is 2. The standard InChI is InChI=1S/C25H26N2O4/c1-4-27(19-10-6-5-7-11-19)25(29)20-12-8-9-13-21(20)26-24(28)17-31-22-15-14-18(2)16-23(22)30-3/h5-16H,4,17H2,1-3H3,(H,26,28). The number of amides is 2. The Labute approximate surface area is 182 Å². The predicted octanol–water partition coefficient (Wildman–Crippen LogP) is 4.69. The topological polar surface area (TPSA) is 67.9 Å². The Morgan fingerprint density at radius 3 is 2.35 bits per heavy atom. The van der Waals surface area contributed by atoms with Crippen molar-refractivity contribution < 1.29 is 19.1 Å². The van der Waals surface area contributed by atoms with E-state index < -0.39 is 0 Å². The first-order valence-electron chi connectivity index (χ1n) is 10.1. The monoisotopic (exact) mass is 418 g/mol. The molecule has 3 aromatic rings. The minimum atomic E-state index is -0.370. The van der Waals surface area contributed by atoms with E-state index in [0.717, 1.165) is 11.3 Å². The van der Waals surface area contributed by atoms with Crippen LogP contribution in [0.3, 0.4) is 0 Å². The molecule has 0 unspecified atom stereocenters. The Balaban J connectivity index is 1.73. The quantitative estimate of drug-likeness (QED) is 0.576. The zero-order chi connectivity index (χ0) is 22.2. The number of ether oxygens (including phenoxy) is 2. The summed E-state index contributed by atoms with van der Waals surface area (Å²) in [6, 6.07) is 21.9. The highest BCUT2D eigenvalue weighted by atomic mass is 16.5. The number of methoxy groups -OCH3 is 1. The van der Waals surface area contributed by atoms with Crippen LogP contribution in [0.15, 0.2) is 72.8 Å². The lowest BCUT2D eigenvalue weighted by atomic mass is 10.1. The molecule has 2 amide bonds. The average molecular weight is 418 g/mol. The summed E-state index contributed by atoms with van der Waals surface area (Å²) in [5.41, 5.74) is 2.67. The molecule has 6 heteroatoms. The first-order chi connectivity index (χ1) is 15.0. The molecule has 0 fully saturated rings. The zero-order valence-electron chi connectivity index (χ0n) is 17.9. The molecule has 6 nitrogen and oxygen atoms in total. The number of carbonyl (C=O) groups is 2. The molecule has 0 bridgehead atoms. The van der Waals surface area contributed by atoms with Crippen LogP contribution in [0.5, 0.6) is 11.5 Å². The third-order valence-electron chi connectivity index (χ3n) is 4.74. The van der Waals surface area contributed by atoms with Crippen LogP contribution >= 0.6 is 0 Å². The average Bonchev–Trinajstić information content (AvgIpc) is 2.79. The highest BCUT2D eigenvalue weighted by molar-refractivity contribution is 6.11. The van der Waals surface area contributed by atoms with E-state index in [-0.39, 0.29) is 18.4 Å². The van der Waals surface area contributed by atoms with Crippen molar-refractivity contribution in [2.75, 3.05) is 30.5 Å². The largest absolute Gasteiger partial charge is 0.493 e. The molecule has 3 aromatic carbocycles. The Bertz CT molecular complexity index is 1050. The van der Waals surface area contributed by atoms with E-state index in [2.05, 4.69) is 5.32 Å². The Hall–Kier alpha value is -3.80. The van der Waals surface area contributed by atoms with Gasteiger partial charge in [0, 0.05) is 12.2 Å². The summed E-state index contributed by atoms with van der Waals surface area (Å²) in [7, 11) is 1.55. The summed E-state index contributed by atoms with van der Waals surface area (Å²) >= 11 is 0. The van der Waals surface area contributed by atoms with Crippen molar-refractivity contribution in [2.45, 2.75) is 13.8 Å². The molecule has 3 rings (SSSR count). The number of nitrogens with one attached hydrogen (secondary N) is 1. The highest BCUT2D eigenvalue weighted by Crippen LogP contribution is 2.28. The van der Waals surface area contributed by atoms with E-state index in [0.29, 0.717) is 29.3 Å². The highest BCUT2D eigenvalue weighted by Gasteiger charge is 2.20. The second-order valence-electron chi connectivity index (χ2n) is 6.92. The number of hydrogen-bond acceptors (Lipinski definition) is 4. The third-order valence-corrected chi connectivity index (χ3v) is 4.74. The Morgan fingerprint density at radius 1 is 0.935 bits per heavy atom. The van der Waals surface area contributed by atoms with Crippen LogP contribution in [-0.4, -0.2) is 32.1 Å². The fraction of sp³-hybridized carbons (Fsp3) is 0.200. The van der Waals surface area contributed by atoms with Crippen molar-refractivity contribution in [3.05, 3.63) is 83.9 Å². The molecule has 31 heavy (non-hydrogen) atoms. The minimum absolute atomic E-state index is 0.189. The van der Waals surface area contributed by atoms with Crippen LogP contribution in [-0.2, 0) is 4.79 Å². The fourth-order valence-electron chi connectivity index (χ4n) is 3.20. The molecular formula is C25H26N2O4. The van der Waals surface area contributed by atoms with Gasteiger partial charge >= 0.3 is 0 Å². The van der Waals surface area contributed by atoms with Crippen LogP contribution in [0.25, 0.3) is 0 Å². The van der Waals surface area contributed by atoms with E-state index in [9.17, 15) is 9.59 Å². The molecule has 0 saturated heterocycles. The van der Waals surface area contributed by atoms with Gasteiger partial charge in [-0.05, 0) is 55.8 Å². The van der Waals surface area contributed by atoms with Gasteiger partial charge in [-0.2, -0.15) is 0 Å². The van der Waals surface area contributed by atoms with Crippen LogP contribution in [0.4, 0.5) is 11.4 Å². The summed E-state index contributed by atoms with van der Waals surface area (Å²) in [6.07, 6.45) is 0. The molecule has 0 aliphatic heterocycles. The summed E-state index contributed by atoms with van der Waals surface area (Å²) in [5, 5.41) is 2.79. The van der Waals surface area contributed by atoms with Crippen LogP contribution in [0, 0.1) is 6.92 Å². The molecule has 0 aromatic heterocycles. The maximum Gasteiger partial charge on any atom is 0.262 e. The number of nitrogens with zero attached hydrogens (tertiary/aromatic N) is 1. The van der Waals surface area contributed by atoms with Crippen molar-refractivity contribution in [3.63, 3.8) is 0 Å². The first-order valence-corrected chi connectivity index (χ1v) is 10.1. The maximum atomic E-state index is 13.2. The number of hydrogen-bond donors (Lipinski definition) is 1. The minimum Gasteiger partial charge on any atom is -0.493 e. The second-order valence-corrected chi connectivity index (χ2v) is 6.92. The lowest BCUT2D eigenvalue weighted by molar-refractivity contribution is -0.118. The normalized spacial score (nSPS) is 10.3. The number of rotatable bonds is 8. The Morgan fingerprint density at radius 2 is 1.65 bits per heavy atom. The lowest BCUT2D eigenvalue weighted by Crippen LogP contribution is -2.32. The number of carbonyl (C=O) groups excluding carboxylic acids is 2. The van der Waals surface area contributed by atoms with Crippen LogP contribution in [0.1, 0.15) is 22.8 Å². The summed E-state index contributed by atoms with van der Waals surface area (Å²) < 4.78 is 10.9. The third kappa shape index (κ3) is 5.42. The number of aryl methyl sites for hydroxylation is 1. The second kappa shape index (κ2) is 10.3. The summed E-state index contributed by atoms with van der Waals surface area (Å²) in [4.78, 5) is 27.4. The van der Waals surface area contributed by atoms with Gasteiger partial charge < -0.3 is 19.7 Å². The summed E-state index contributed by atoms with van der Waals surface area (Å²) in [6.45, 7) is 4.15. The molecule has 160 valence electrons. The van der Waals surface area contributed by atoms with Gasteiger partial charge in [0.1, 0.15) is 0 Å². The van der Waals surface area contributed by atoms with Crippen molar-refractivity contribution in [3.8, 4) is 11.5 Å². The molecule has 0 saturated carbocycles. The van der Waals surface area contributed by atoms with Gasteiger partial charge in [-0.3, -0.25) is 9.59 Å². The number of benzene rings is 3. The van der Waals surface area contributed by atoms with Crippen LogP contribution < -0.4 is 19.7 Å². The van der Waals surface area contributed by atoms with Crippen molar-refractivity contribution in [1.82, 2.24) is 0 Å². The van der Waals surface area contributed by atoms with E-state index in [4.69, 9.17) is 9.47 Å². The lowest BCUT2D eigenvalue weighted by Gasteiger charge is -2.22. The van der Waals surface area contributed by atoms with E-state index in [1.54, 1.807) is 42.3 Å². The van der Waals surface area contributed by atoms with Gasteiger partial charge in [-0.25, -0.2) is 0 Å². The van der Waals surface area contributed by atoms with Crippen molar-refractivity contribution >= 4 is 23.2 Å². The Kier molecular flexibility index (Phi) is 7.27.